The van der Waals surface area contributed by atoms with E-state index in [2.05, 4.69) is 21.6 Å². The van der Waals surface area contributed by atoms with E-state index in [1.54, 1.807) is 24.1 Å². The first-order valence-corrected chi connectivity index (χ1v) is 5.95. The predicted octanol–water partition coefficient (Wildman–Crippen LogP) is 1.04. The number of nitrogens with zero attached hydrogens (tertiary/aromatic N) is 4. The molecule has 0 radical (unpaired) electrons. The topological polar surface area (TPSA) is 81.9 Å². The Morgan fingerprint density at radius 3 is 2.83 bits per heavy atom. The van der Waals surface area contributed by atoms with Crippen LogP contribution in [-0.2, 0) is 0 Å². The van der Waals surface area contributed by atoms with Gasteiger partial charge in [-0.2, -0.15) is 5.26 Å². The normalized spacial score (nSPS) is 13.8. The van der Waals surface area contributed by atoms with Gasteiger partial charge in [-0.25, -0.2) is 0 Å². The summed E-state index contributed by atoms with van der Waals surface area (Å²) in [5.74, 6) is 0.490. The van der Waals surface area contributed by atoms with E-state index in [1.807, 2.05) is 0 Å². The second-order valence-corrected chi connectivity index (χ2v) is 4.19. The lowest BCUT2D eigenvalue weighted by Gasteiger charge is -2.20. The highest BCUT2D eigenvalue weighted by Crippen LogP contribution is 2.28. The van der Waals surface area contributed by atoms with E-state index in [0.29, 0.717) is 24.5 Å². The molecule has 1 aliphatic carbocycles. The van der Waals surface area contributed by atoms with Crippen molar-refractivity contribution in [2.75, 3.05) is 18.9 Å². The molecule has 0 spiro atoms. The lowest BCUT2D eigenvalue weighted by Crippen LogP contribution is -2.34. The molecule has 1 aliphatic rings. The van der Waals surface area contributed by atoms with E-state index in [4.69, 9.17) is 5.26 Å². The van der Waals surface area contributed by atoms with Crippen molar-refractivity contribution in [3.8, 4) is 6.07 Å². The van der Waals surface area contributed by atoms with Gasteiger partial charge >= 0.3 is 0 Å². The molecule has 18 heavy (non-hydrogen) atoms. The van der Waals surface area contributed by atoms with Crippen molar-refractivity contribution < 1.29 is 4.79 Å². The van der Waals surface area contributed by atoms with Crippen molar-refractivity contribution in [2.45, 2.75) is 25.3 Å². The highest BCUT2D eigenvalue weighted by atomic mass is 16.2. The number of aromatic nitrogens is 2. The Morgan fingerprint density at radius 2 is 2.33 bits per heavy atom. The lowest BCUT2D eigenvalue weighted by molar-refractivity contribution is 0.0739. The van der Waals surface area contributed by atoms with E-state index in [-0.39, 0.29) is 11.9 Å². The molecule has 0 unspecified atom stereocenters. The standard InChI is InChI=1S/C12H15N5O/c1-14-11-6-5-10(15-16-11)12(18)17(8-2-7-13)9-3-4-9/h5-6,9H,2-4,8H2,1H3,(H,14,16). The minimum absolute atomic E-state index is 0.136. The molecule has 0 atom stereocenters. The molecule has 0 aromatic carbocycles. The number of rotatable bonds is 5. The molecule has 0 aliphatic heterocycles. The number of hydrogen-bond donors (Lipinski definition) is 1. The SMILES string of the molecule is CNc1ccc(C(=O)N(CCC#N)C2CC2)nn1. The van der Waals surface area contributed by atoms with Gasteiger partial charge in [0, 0.05) is 19.6 Å². The van der Waals surface area contributed by atoms with Crippen LogP contribution in [0.5, 0.6) is 0 Å². The fourth-order valence-corrected chi connectivity index (χ4v) is 1.73. The quantitative estimate of drug-likeness (QED) is 0.838. The molecule has 1 amide bonds. The predicted molar refractivity (Wildman–Crippen MR) is 65.9 cm³/mol. The van der Waals surface area contributed by atoms with Gasteiger partial charge in [-0.05, 0) is 25.0 Å². The fourth-order valence-electron chi connectivity index (χ4n) is 1.73. The summed E-state index contributed by atoms with van der Waals surface area (Å²) in [7, 11) is 1.74. The number of amides is 1. The van der Waals surface area contributed by atoms with E-state index < -0.39 is 0 Å². The molecule has 1 aromatic rings. The number of carbonyl (C=O) groups is 1. The van der Waals surface area contributed by atoms with Crippen LogP contribution in [0.3, 0.4) is 0 Å². The summed E-state index contributed by atoms with van der Waals surface area (Å²) in [5.41, 5.74) is 0.332. The number of hydrogen-bond acceptors (Lipinski definition) is 5. The van der Waals surface area contributed by atoms with Crippen LogP contribution in [0.25, 0.3) is 0 Å². The van der Waals surface area contributed by atoms with Crippen molar-refractivity contribution in [1.82, 2.24) is 15.1 Å². The number of anilines is 1. The van der Waals surface area contributed by atoms with Crippen molar-refractivity contribution in [3.05, 3.63) is 17.8 Å². The summed E-state index contributed by atoms with van der Waals surface area (Å²) in [6.45, 7) is 0.468. The Balaban J connectivity index is 2.09. The minimum Gasteiger partial charge on any atom is -0.372 e. The summed E-state index contributed by atoms with van der Waals surface area (Å²) in [5, 5.41) is 19.3. The molecule has 6 heteroatoms. The summed E-state index contributed by atoms with van der Waals surface area (Å²) in [6.07, 6.45) is 2.38. The zero-order valence-electron chi connectivity index (χ0n) is 10.3. The second kappa shape index (κ2) is 5.45. The third-order valence-corrected chi connectivity index (χ3v) is 2.85. The summed E-state index contributed by atoms with van der Waals surface area (Å²) < 4.78 is 0. The Kier molecular flexibility index (Phi) is 3.72. The molecule has 1 saturated carbocycles. The van der Waals surface area contributed by atoms with Crippen molar-refractivity contribution in [3.63, 3.8) is 0 Å². The zero-order chi connectivity index (χ0) is 13.0. The van der Waals surface area contributed by atoms with E-state index in [1.165, 1.54) is 0 Å². The third kappa shape index (κ3) is 2.74. The second-order valence-electron chi connectivity index (χ2n) is 4.19. The highest BCUT2D eigenvalue weighted by molar-refractivity contribution is 5.92. The van der Waals surface area contributed by atoms with Gasteiger partial charge in [0.1, 0.15) is 5.82 Å². The first kappa shape index (κ1) is 12.3. The molecule has 1 heterocycles. The van der Waals surface area contributed by atoms with Gasteiger partial charge in [0.15, 0.2) is 5.69 Å². The molecular weight excluding hydrogens is 230 g/mol. The smallest absolute Gasteiger partial charge is 0.274 e. The first-order chi connectivity index (χ1) is 8.76. The Morgan fingerprint density at radius 1 is 1.56 bits per heavy atom. The maximum absolute atomic E-state index is 12.2. The van der Waals surface area contributed by atoms with Crippen LogP contribution in [0.1, 0.15) is 29.8 Å². The van der Waals surface area contributed by atoms with Crippen molar-refractivity contribution in [2.24, 2.45) is 0 Å². The highest BCUT2D eigenvalue weighted by Gasteiger charge is 2.33. The minimum atomic E-state index is -0.136. The van der Waals surface area contributed by atoms with Crippen LogP contribution in [0.2, 0.25) is 0 Å². The molecular formula is C12H15N5O. The van der Waals surface area contributed by atoms with Crippen LogP contribution in [0.4, 0.5) is 5.82 Å². The molecule has 0 saturated heterocycles. The van der Waals surface area contributed by atoms with Gasteiger partial charge in [-0.15, -0.1) is 10.2 Å². The number of carbonyl (C=O) groups excluding carboxylic acids is 1. The molecule has 2 rings (SSSR count). The van der Waals surface area contributed by atoms with Gasteiger partial charge in [0.2, 0.25) is 0 Å². The van der Waals surface area contributed by atoms with E-state index in [9.17, 15) is 4.79 Å². The average molecular weight is 245 g/mol. The van der Waals surface area contributed by atoms with Crippen LogP contribution in [0.15, 0.2) is 12.1 Å². The molecule has 94 valence electrons. The van der Waals surface area contributed by atoms with Crippen LogP contribution in [0, 0.1) is 11.3 Å². The average Bonchev–Trinajstić information content (AvgIpc) is 3.24. The van der Waals surface area contributed by atoms with Crippen molar-refractivity contribution in [1.29, 1.82) is 5.26 Å². The van der Waals surface area contributed by atoms with Crippen molar-refractivity contribution >= 4 is 11.7 Å². The number of nitriles is 1. The Labute approximate surface area is 106 Å². The molecule has 6 nitrogen and oxygen atoms in total. The first-order valence-electron chi connectivity index (χ1n) is 5.95. The summed E-state index contributed by atoms with van der Waals surface area (Å²) >= 11 is 0. The van der Waals surface area contributed by atoms with Crippen LogP contribution >= 0.6 is 0 Å². The van der Waals surface area contributed by atoms with Crippen LogP contribution in [-0.4, -0.2) is 40.6 Å². The largest absolute Gasteiger partial charge is 0.372 e. The van der Waals surface area contributed by atoms with Gasteiger partial charge in [-0.3, -0.25) is 4.79 Å². The van der Waals surface area contributed by atoms with Gasteiger partial charge in [-0.1, -0.05) is 0 Å². The summed E-state index contributed by atoms with van der Waals surface area (Å²) in [4.78, 5) is 14.0. The molecule has 1 fully saturated rings. The Hall–Kier alpha value is -2.16. The third-order valence-electron chi connectivity index (χ3n) is 2.85. The monoisotopic (exact) mass is 245 g/mol. The Bertz CT molecular complexity index is 460. The maximum atomic E-state index is 12.2. The lowest BCUT2D eigenvalue weighted by atomic mass is 10.3. The van der Waals surface area contributed by atoms with Gasteiger partial charge in [0.25, 0.3) is 5.91 Å². The van der Waals surface area contributed by atoms with Gasteiger partial charge < -0.3 is 10.2 Å². The number of nitrogens with one attached hydrogen (secondary N) is 1. The molecule has 0 bridgehead atoms. The molecule has 1 N–H and O–H groups in total. The zero-order valence-corrected chi connectivity index (χ0v) is 10.3. The van der Waals surface area contributed by atoms with Crippen LogP contribution < -0.4 is 5.32 Å². The molecule has 1 aromatic heterocycles. The summed E-state index contributed by atoms with van der Waals surface area (Å²) in [6, 6.07) is 5.71. The van der Waals surface area contributed by atoms with Gasteiger partial charge in [0.05, 0.1) is 12.5 Å². The van der Waals surface area contributed by atoms with E-state index >= 15 is 0 Å². The van der Waals surface area contributed by atoms with E-state index in [0.717, 1.165) is 12.8 Å². The fraction of sp³-hybridized carbons (Fsp3) is 0.500. The maximum Gasteiger partial charge on any atom is 0.274 e.